The number of aryl methyl sites for hydroxylation is 2. The zero-order chi connectivity index (χ0) is 24.1. The van der Waals surface area contributed by atoms with Gasteiger partial charge in [-0.1, -0.05) is 54.1 Å². The van der Waals surface area contributed by atoms with Crippen LogP contribution in [0.3, 0.4) is 0 Å². The molecule has 3 heterocycles. The van der Waals surface area contributed by atoms with Gasteiger partial charge in [0.25, 0.3) is 11.8 Å². The van der Waals surface area contributed by atoms with Gasteiger partial charge in [0.15, 0.2) is 0 Å². The van der Waals surface area contributed by atoms with Gasteiger partial charge >= 0.3 is 0 Å². The van der Waals surface area contributed by atoms with Crippen molar-refractivity contribution in [3.8, 4) is 10.4 Å². The Morgan fingerprint density at radius 1 is 1.06 bits per heavy atom. The number of fused-ring (bicyclic) bond motifs is 2. The smallest absolute Gasteiger partial charge is 0.274 e. The van der Waals surface area contributed by atoms with Crippen molar-refractivity contribution < 1.29 is 9.59 Å². The van der Waals surface area contributed by atoms with E-state index in [1.54, 1.807) is 17.5 Å². The van der Waals surface area contributed by atoms with Crippen LogP contribution >= 0.6 is 11.3 Å². The largest absolute Gasteiger partial charge is 0.349 e. The summed E-state index contributed by atoms with van der Waals surface area (Å²) >= 11 is 1.56. The standard InChI is InChI=1S/C28H26N4O2S/c1-16-6-5-8-19(12-16)26-25(31-17(2)35-26)28(34)32-21(13-20-14-23(20)32)15-30-27(33)24-22-9-4-3-7-18(22)10-11-29-24/h3-12,20-21,23H,13-15H2,1-2H3,(H,30,33)/t20?,21?,23-/m0/s1. The van der Waals surface area contributed by atoms with Gasteiger partial charge in [-0.3, -0.25) is 14.6 Å². The molecule has 0 spiro atoms. The number of pyridine rings is 1. The van der Waals surface area contributed by atoms with Crippen LogP contribution < -0.4 is 5.32 Å². The van der Waals surface area contributed by atoms with Crippen LogP contribution in [-0.4, -0.2) is 45.3 Å². The topological polar surface area (TPSA) is 75.2 Å². The second kappa shape index (κ2) is 8.57. The van der Waals surface area contributed by atoms with Crippen LogP contribution in [0.1, 0.15) is 44.4 Å². The number of amides is 2. The Morgan fingerprint density at radius 3 is 2.77 bits per heavy atom. The summed E-state index contributed by atoms with van der Waals surface area (Å²) in [6.45, 7) is 4.41. The summed E-state index contributed by atoms with van der Waals surface area (Å²) in [5, 5.41) is 5.74. The molecule has 2 unspecified atom stereocenters. The molecule has 2 aliphatic rings. The third-order valence-corrected chi connectivity index (χ3v) is 8.07. The molecule has 7 heteroatoms. The minimum atomic E-state index is -0.209. The predicted molar refractivity (Wildman–Crippen MR) is 138 cm³/mol. The molecular weight excluding hydrogens is 456 g/mol. The van der Waals surface area contributed by atoms with Crippen LogP contribution in [0, 0.1) is 19.8 Å². The fourth-order valence-electron chi connectivity index (χ4n) is 5.33. The highest BCUT2D eigenvalue weighted by molar-refractivity contribution is 7.15. The lowest BCUT2D eigenvalue weighted by atomic mass is 10.1. The Bertz CT molecular complexity index is 1460. The second-order valence-corrected chi connectivity index (χ2v) is 10.7. The molecule has 1 aliphatic carbocycles. The van der Waals surface area contributed by atoms with Gasteiger partial charge in [-0.25, -0.2) is 4.98 Å². The SMILES string of the molecule is Cc1cccc(-c2sc(C)nc2C(=O)N2C(CNC(=O)c3nccc4ccccc34)CC3C[C@@H]32)c1. The highest BCUT2D eigenvalue weighted by Gasteiger charge is 2.54. The van der Waals surface area contributed by atoms with Crippen molar-refractivity contribution in [2.24, 2.45) is 5.92 Å². The number of thiazole rings is 1. The fourth-order valence-corrected chi connectivity index (χ4v) is 6.24. The zero-order valence-electron chi connectivity index (χ0n) is 19.7. The van der Waals surface area contributed by atoms with Crippen molar-refractivity contribution in [1.82, 2.24) is 20.2 Å². The number of carbonyl (C=O) groups is 2. The zero-order valence-corrected chi connectivity index (χ0v) is 20.5. The van der Waals surface area contributed by atoms with E-state index in [-0.39, 0.29) is 23.9 Å². The van der Waals surface area contributed by atoms with Crippen molar-refractivity contribution >= 4 is 33.9 Å². The van der Waals surface area contributed by atoms with E-state index in [1.807, 2.05) is 54.3 Å². The van der Waals surface area contributed by atoms with Gasteiger partial charge in [0, 0.05) is 24.2 Å². The van der Waals surface area contributed by atoms with Crippen molar-refractivity contribution in [2.45, 2.75) is 38.8 Å². The number of hydrogen-bond acceptors (Lipinski definition) is 5. The molecule has 6 nitrogen and oxygen atoms in total. The second-order valence-electron chi connectivity index (χ2n) is 9.54. The summed E-state index contributed by atoms with van der Waals surface area (Å²) in [6, 6.07) is 18.0. The van der Waals surface area contributed by atoms with Crippen LogP contribution in [0.25, 0.3) is 21.2 Å². The lowest BCUT2D eigenvalue weighted by Crippen LogP contribution is -2.45. The molecule has 1 saturated carbocycles. The van der Waals surface area contributed by atoms with Crippen LogP contribution in [0.4, 0.5) is 0 Å². The van der Waals surface area contributed by atoms with Crippen molar-refractivity contribution in [1.29, 1.82) is 0 Å². The van der Waals surface area contributed by atoms with Gasteiger partial charge in [0.2, 0.25) is 0 Å². The Labute approximate surface area is 208 Å². The van der Waals surface area contributed by atoms with E-state index in [1.165, 1.54) is 0 Å². The van der Waals surface area contributed by atoms with Gasteiger partial charge in [-0.15, -0.1) is 11.3 Å². The molecule has 4 aromatic rings. The molecule has 1 saturated heterocycles. The van der Waals surface area contributed by atoms with Gasteiger partial charge in [0.1, 0.15) is 11.4 Å². The number of aromatic nitrogens is 2. The highest BCUT2D eigenvalue weighted by Crippen LogP contribution is 2.48. The highest BCUT2D eigenvalue weighted by atomic mass is 32.1. The summed E-state index contributed by atoms with van der Waals surface area (Å²) in [5.41, 5.74) is 3.12. The molecule has 0 bridgehead atoms. The lowest BCUT2D eigenvalue weighted by Gasteiger charge is -2.27. The molecule has 3 atom stereocenters. The molecule has 2 amide bonds. The van der Waals surface area contributed by atoms with E-state index >= 15 is 0 Å². The monoisotopic (exact) mass is 482 g/mol. The summed E-state index contributed by atoms with van der Waals surface area (Å²) in [5.74, 6) is 0.275. The number of hydrogen-bond donors (Lipinski definition) is 1. The molecule has 0 radical (unpaired) electrons. The van der Waals surface area contributed by atoms with E-state index in [2.05, 4.69) is 34.3 Å². The van der Waals surface area contributed by atoms with E-state index in [4.69, 9.17) is 0 Å². The van der Waals surface area contributed by atoms with E-state index in [0.717, 1.165) is 44.6 Å². The molecule has 2 aromatic carbocycles. The Kier molecular flexibility index (Phi) is 5.37. The van der Waals surface area contributed by atoms with Crippen LogP contribution in [-0.2, 0) is 0 Å². The summed E-state index contributed by atoms with van der Waals surface area (Å²) in [4.78, 5) is 38.8. The minimum absolute atomic E-state index is 0.0293. The summed E-state index contributed by atoms with van der Waals surface area (Å²) < 4.78 is 0. The average molecular weight is 483 g/mol. The maximum atomic E-state index is 13.8. The molecule has 2 fully saturated rings. The molecule has 176 valence electrons. The van der Waals surface area contributed by atoms with Crippen LogP contribution in [0.15, 0.2) is 60.8 Å². The fraction of sp³-hybridized carbons (Fsp3) is 0.286. The Hall–Kier alpha value is -3.58. The van der Waals surface area contributed by atoms with Gasteiger partial charge in [-0.05, 0) is 49.6 Å². The molecule has 1 aliphatic heterocycles. The Balaban J connectivity index is 1.23. The third-order valence-electron chi connectivity index (χ3n) is 7.05. The number of rotatable bonds is 5. The number of likely N-dealkylation sites (tertiary alicyclic amines) is 1. The van der Waals surface area contributed by atoms with Gasteiger partial charge < -0.3 is 10.2 Å². The normalized spacial score (nSPS) is 20.6. The first-order chi connectivity index (χ1) is 17.0. The number of piperidine rings is 1. The third kappa shape index (κ3) is 4.00. The van der Waals surface area contributed by atoms with E-state index < -0.39 is 0 Å². The first-order valence-corrected chi connectivity index (χ1v) is 12.8. The van der Waals surface area contributed by atoms with Crippen LogP contribution in [0.5, 0.6) is 0 Å². The minimum Gasteiger partial charge on any atom is -0.349 e. The maximum absolute atomic E-state index is 13.8. The lowest BCUT2D eigenvalue weighted by molar-refractivity contribution is 0.0684. The van der Waals surface area contributed by atoms with Gasteiger partial charge in [0.05, 0.1) is 15.9 Å². The van der Waals surface area contributed by atoms with Gasteiger partial charge in [-0.2, -0.15) is 0 Å². The van der Waals surface area contributed by atoms with E-state index in [9.17, 15) is 9.59 Å². The first kappa shape index (κ1) is 21.9. The van der Waals surface area contributed by atoms with Crippen molar-refractivity contribution in [2.75, 3.05) is 6.54 Å². The Morgan fingerprint density at radius 2 is 1.91 bits per heavy atom. The average Bonchev–Trinajstić information content (AvgIpc) is 3.35. The number of benzene rings is 2. The number of nitrogens with one attached hydrogen (secondary N) is 1. The molecule has 1 N–H and O–H groups in total. The maximum Gasteiger partial charge on any atom is 0.274 e. The van der Waals surface area contributed by atoms with Crippen molar-refractivity contribution in [3.63, 3.8) is 0 Å². The summed E-state index contributed by atoms with van der Waals surface area (Å²) in [6.07, 6.45) is 3.60. The molecular formula is C28H26N4O2S. The number of carbonyl (C=O) groups excluding carboxylic acids is 2. The molecule has 6 rings (SSSR count). The molecule has 35 heavy (non-hydrogen) atoms. The first-order valence-electron chi connectivity index (χ1n) is 12.0. The number of nitrogens with zero attached hydrogens (tertiary/aromatic N) is 3. The summed E-state index contributed by atoms with van der Waals surface area (Å²) in [7, 11) is 0. The van der Waals surface area contributed by atoms with E-state index in [0.29, 0.717) is 23.9 Å². The quantitative estimate of drug-likeness (QED) is 0.434. The molecule has 2 aromatic heterocycles. The van der Waals surface area contributed by atoms with Crippen LogP contribution in [0.2, 0.25) is 0 Å². The van der Waals surface area contributed by atoms with Crippen molar-refractivity contribution in [3.05, 3.63) is 82.8 Å². The predicted octanol–water partition coefficient (Wildman–Crippen LogP) is 5.01.